The van der Waals surface area contributed by atoms with E-state index in [9.17, 15) is 14.4 Å². The topological polar surface area (TPSA) is 86.0 Å². The molecule has 130 valence electrons. The number of rotatable bonds is 4. The lowest BCUT2D eigenvalue weighted by molar-refractivity contribution is -0.116. The molecule has 1 N–H and O–H groups in total. The fraction of sp³-hybridized carbons (Fsp3) is 0.294. The Bertz CT molecular complexity index is 1060. The number of fused-ring (bicyclic) bond motifs is 1. The van der Waals surface area contributed by atoms with Crippen molar-refractivity contribution in [3.05, 3.63) is 55.5 Å². The Morgan fingerprint density at radius 3 is 2.52 bits per heavy atom. The maximum absolute atomic E-state index is 12.6. The molecular weight excluding hydrogens is 340 g/mol. The van der Waals surface area contributed by atoms with Gasteiger partial charge in [-0.25, -0.2) is 4.79 Å². The van der Waals surface area contributed by atoms with Gasteiger partial charge in [0.15, 0.2) is 5.52 Å². The number of nitrogens with one attached hydrogen (secondary N) is 1. The van der Waals surface area contributed by atoms with Gasteiger partial charge in [-0.15, -0.1) is 0 Å². The number of nitrogens with zero attached hydrogens (tertiary/aromatic N) is 3. The molecule has 0 radical (unpaired) electrons. The standard InChI is InChI=1S/C17H18N4O3S/c1-4-20-16(23)15-12(9-25-19-15)21(17(20)24)8-13(22)18-14-10(2)6-5-7-11(14)3/h5-7,9H,4,8H2,1-3H3,(H,18,22). The summed E-state index contributed by atoms with van der Waals surface area (Å²) < 4.78 is 6.45. The first-order valence-corrected chi connectivity index (χ1v) is 8.71. The molecule has 7 nitrogen and oxygen atoms in total. The molecule has 3 rings (SSSR count). The van der Waals surface area contributed by atoms with E-state index in [-0.39, 0.29) is 24.5 Å². The first kappa shape index (κ1) is 17.1. The molecule has 0 aliphatic carbocycles. The third-order valence-corrected chi connectivity index (χ3v) is 4.73. The summed E-state index contributed by atoms with van der Waals surface area (Å²) in [5.74, 6) is -0.326. The zero-order valence-corrected chi connectivity index (χ0v) is 15.0. The Labute approximate surface area is 147 Å². The smallest absolute Gasteiger partial charge is 0.324 e. The number of amides is 1. The molecule has 0 bridgehead atoms. The molecule has 3 aromatic rings. The molecule has 0 unspecified atom stereocenters. The van der Waals surface area contributed by atoms with Crippen LogP contribution in [-0.4, -0.2) is 19.4 Å². The van der Waals surface area contributed by atoms with E-state index in [0.717, 1.165) is 32.9 Å². The van der Waals surface area contributed by atoms with Gasteiger partial charge < -0.3 is 5.32 Å². The summed E-state index contributed by atoms with van der Waals surface area (Å²) in [5.41, 5.74) is 2.31. The maximum atomic E-state index is 12.6. The molecule has 0 aliphatic rings. The van der Waals surface area contributed by atoms with Gasteiger partial charge in [-0.2, -0.15) is 4.37 Å². The summed E-state index contributed by atoms with van der Waals surface area (Å²) in [6.07, 6.45) is 0. The molecule has 0 spiro atoms. The highest BCUT2D eigenvalue weighted by Gasteiger charge is 2.17. The minimum absolute atomic E-state index is 0.179. The summed E-state index contributed by atoms with van der Waals surface area (Å²) in [4.78, 5) is 37.3. The molecule has 1 amide bonds. The molecule has 0 saturated carbocycles. The Morgan fingerprint density at radius 2 is 1.88 bits per heavy atom. The van der Waals surface area contributed by atoms with Crippen LogP contribution in [0.1, 0.15) is 18.1 Å². The largest absolute Gasteiger partial charge is 0.332 e. The average Bonchev–Trinajstić information content (AvgIpc) is 3.05. The van der Waals surface area contributed by atoms with Gasteiger partial charge in [0.05, 0.1) is 5.52 Å². The quantitative estimate of drug-likeness (QED) is 0.772. The second-order valence-corrected chi connectivity index (χ2v) is 6.41. The highest BCUT2D eigenvalue weighted by molar-refractivity contribution is 7.04. The minimum atomic E-state index is -0.503. The van der Waals surface area contributed by atoms with Gasteiger partial charge in [0.1, 0.15) is 6.54 Å². The number of aryl methyl sites for hydroxylation is 2. The summed E-state index contributed by atoms with van der Waals surface area (Å²) in [5, 5.41) is 4.48. The Balaban J connectivity index is 2.01. The number of aromatic nitrogens is 3. The molecule has 0 aliphatic heterocycles. The van der Waals surface area contributed by atoms with E-state index in [0.29, 0.717) is 5.52 Å². The van der Waals surface area contributed by atoms with Gasteiger partial charge in [-0.1, -0.05) is 18.2 Å². The first-order chi connectivity index (χ1) is 11.9. The molecule has 0 atom stereocenters. The third-order valence-electron chi connectivity index (χ3n) is 4.11. The van der Waals surface area contributed by atoms with Crippen LogP contribution in [0.3, 0.4) is 0 Å². The minimum Gasteiger partial charge on any atom is -0.324 e. The number of anilines is 1. The van der Waals surface area contributed by atoms with Crippen molar-refractivity contribution >= 4 is 34.2 Å². The van der Waals surface area contributed by atoms with Crippen LogP contribution in [-0.2, 0) is 17.9 Å². The zero-order chi connectivity index (χ0) is 18.1. The Kier molecular flexibility index (Phi) is 4.54. The van der Waals surface area contributed by atoms with Crippen molar-refractivity contribution in [1.82, 2.24) is 13.5 Å². The van der Waals surface area contributed by atoms with Gasteiger partial charge in [0.25, 0.3) is 5.56 Å². The van der Waals surface area contributed by atoms with Crippen LogP contribution in [0.4, 0.5) is 5.69 Å². The summed E-state index contributed by atoms with van der Waals surface area (Å²) in [6, 6.07) is 5.74. The van der Waals surface area contributed by atoms with E-state index in [1.807, 2.05) is 32.0 Å². The van der Waals surface area contributed by atoms with Crippen LogP contribution >= 0.6 is 11.5 Å². The normalized spacial score (nSPS) is 11.0. The van der Waals surface area contributed by atoms with Gasteiger partial charge in [0, 0.05) is 17.6 Å². The zero-order valence-electron chi connectivity index (χ0n) is 14.2. The number of carbonyl (C=O) groups excluding carboxylic acids is 1. The van der Waals surface area contributed by atoms with E-state index in [1.165, 1.54) is 4.57 Å². The van der Waals surface area contributed by atoms with E-state index < -0.39 is 11.2 Å². The van der Waals surface area contributed by atoms with Crippen LogP contribution in [0, 0.1) is 13.8 Å². The number of carbonyl (C=O) groups is 1. The third kappa shape index (κ3) is 3.00. The highest BCUT2D eigenvalue weighted by Crippen LogP contribution is 2.19. The summed E-state index contributed by atoms with van der Waals surface area (Å²) in [6.45, 7) is 5.58. The van der Waals surface area contributed by atoms with Crippen molar-refractivity contribution in [2.75, 3.05) is 5.32 Å². The lowest BCUT2D eigenvalue weighted by Gasteiger charge is -2.13. The molecule has 25 heavy (non-hydrogen) atoms. The monoisotopic (exact) mass is 358 g/mol. The Morgan fingerprint density at radius 1 is 1.20 bits per heavy atom. The molecular formula is C17H18N4O3S. The fourth-order valence-corrected chi connectivity index (χ4v) is 3.47. The predicted molar refractivity (Wildman–Crippen MR) is 98.4 cm³/mol. The van der Waals surface area contributed by atoms with Crippen molar-refractivity contribution in [2.24, 2.45) is 0 Å². The molecule has 1 aromatic carbocycles. The lowest BCUT2D eigenvalue weighted by atomic mass is 10.1. The average molecular weight is 358 g/mol. The number of para-hydroxylation sites is 1. The van der Waals surface area contributed by atoms with Crippen molar-refractivity contribution in [1.29, 1.82) is 0 Å². The van der Waals surface area contributed by atoms with Crippen molar-refractivity contribution in [2.45, 2.75) is 33.9 Å². The highest BCUT2D eigenvalue weighted by atomic mass is 32.1. The van der Waals surface area contributed by atoms with E-state index >= 15 is 0 Å². The predicted octanol–water partition coefficient (Wildman–Crippen LogP) is 1.90. The molecule has 8 heteroatoms. The van der Waals surface area contributed by atoms with Gasteiger partial charge in [-0.05, 0) is 43.4 Å². The van der Waals surface area contributed by atoms with Crippen LogP contribution in [0.15, 0.2) is 33.2 Å². The van der Waals surface area contributed by atoms with E-state index in [2.05, 4.69) is 9.69 Å². The van der Waals surface area contributed by atoms with Gasteiger partial charge >= 0.3 is 5.69 Å². The molecule has 2 heterocycles. The number of benzene rings is 1. The lowest BCUT2D eigenvalue weighted by Crippen LogP contribution is -2.41. The first-order valence-electron chi connectivity index (χ1n) is 7.87. The van der Waals surface area contributed by atoms with Crippen LogP contribution in [0.5, 0.6) is 0 Å². The van der Waals surface area contributed by atoms with E-state index in [1.54, 1.807) is 12.3 Å². The van der Waals surface area contributed by atoms with Gasteiger partial charge in [0.2, 0.25) is 5.91 Å². The van der Waals surface area contributed by atoms with Crippen molar-refractivity contribution in [3.8, 4) is 0 Å². The number of hydrogen-bond acceptors (Lipinski definition) is 5. The molecule has 0 fully saturated rings. The number of hydrogen-bond donors (Lipinski definition) is 1. The van der Waals surface area contributed by atoms with Crippen LogP contribution in [0.2, 0.25) is 0 Å². The van der Waals surface area contributed by atoms with Crippen LogP contribution < -0.4 is 16.6 Å². The summed E-state index contributed by atoms with van der Waals surface area (Å²) in [7, 11) is 0. The van der Waals surface area contributed by atoms with E-state index in [4.69, 9.17) is 0 Å². The maximum Gasteiger partial charge on any atom is 0.332 e. The fourth-order valence-electron chi connectivity index (χ4n) is 2.80. The second-order valence-electron chi connectivity index (χ2n) is 5.78. The molecule has 2 aromatic heterocycles. The van der Waals surface area contributed by atoms with Crippen molar-refractivity contribution in [3.63, 3.8) is 0 Å². The SMILES string of the molecule is CCn1c(=O)c2nscc2n(CC(=O)Nc2c(C)cccc2C)c1=O. The van der Waals surface area contributed by atoms with Gasteiger partial charge in [-0.3, -0.25) is 18.7 Å². The Hall–Kier alpha value is -2.74. The molecule has 0 saturated heterocycles. The van der Waals surface area contributed by atoms with Crippen LogP contribution in [0.25, 0.3) is 11.0 Å². The van der Waals surface area contributed by atoms with Crippen molar-refractivity contribution < 1.29 is 4.79 Å². The second kappa shape index (κ2) is 6.64. The summed E-state index contributed by atoms with van der Waals surface area (Å²) >= 11 is 1.09.